The van der Waals surface area contributed by atoms with Crippen LogP contribution in [0.5, 0.6) is 0 Å². The van der Waals surface area contributed by atoms with Crippen molar-refractivity contribution in [2.75, 3.05) is 6.54 Å². The van der Waals surface area contributed by atoms with E-state index in [1.807, 2.05) is 13.8 Å². The van der Waals surface area contributed by atoms with Gasteiger partial charge in [-0.1, -0.05) is 39.2 Å². The van der Waals surface area contributed by atoms with Crippen LogP contribution in [0.1, 0.15) is 60.3 Å². The zero-order valence-electron chi connectivity index (χ0n) is 12.6. The smallest absolute Gasteiger partial charge is 0.0963 e. The first-order chi connectivity index (χ1) is 8.56. The third kappa shape index (κ3) is 6.76. The first-order valence-electron chi connectivity index (χ1n) is 7.13. The minimum absolute atomic E-state index is 0.0269. The fourth-order valence-corrected chi connectivity index (χ4v) is 2.12. The average molecular weight is 253 g/mol. The van der Waals surface area contributed by atoms with Crippen LogP contribution in [-0.2, 0) is 0 Å². The fraction of sp³-hybridized carbons (Fsp3) is 0.750. The van der Waals surface area contributed by atoms with E-state index in [2.05, 4.69) is 24.7 Å². The van der Waals surface area contributed by atoms with Gasteiger partial charge < -0.3 is 0 Å². The second kappa shape index (κ2) is 10.1. The Morgan fingerprint density at radius 3 is 2.56 bits per heavy atom. The molecule has 0 aromatic carbocycles. The highest BCUT2D eigenvalue weighted by Gasteiger charge is 2.20. The third-order valence-electron chi connectivity index (χ3n) is 3.40. The number of rotatable bonds is 8. The third-order valence-corrected chi connectivity index (χ3v) is 3.40. The summed E-state index contributed by atoms with van der Waals surface area (Å²) in [5.74, 6) is 3.75. The van der Waals surface area contributed by atoms with Gasteiger partial charge >= 0.3 is 0 Å². The van der Waals surface area contributed by atoms with Gasteiger partial charge in [0.2, 0.25) is 0 Å². The van der Waals surface area contributed by atoms with Gasteiger partial charge in [-0.2, -0.15) is 0 Å². The fourth-order valence-electron chi connectivity index (χ4n) is 2.12. The number of unbranched alkanes of at least 4 members (excludes halogenated alkanes) is 1. The SMILES string of the molecule is C/C=C(/F)CC(C(C)=C=NCC)C(C)CCCC. The molecule has 0 saturated carbocycles. The lowest BCUT2D eigenvalue weighted by atomic mass is 9.82. The standard InChI is InChI=1S/C16H28FN/c1-6-9-10-13(4)16(11-15(17)7-2)14(5)12-18-8-3/h7,13,16H,6,8-11H2,1-5H3/b15-7+. The number of hydrogen-bond acceptors (Lipinski definition) is 1. The molecule has 0 amide bonds. The first-order valence-corrected chi connectivity index (χ1v) is 7.13. The van der Waals surface area contributed by atoms with Crippen molar-refractivity contribution in [2.45, 2.75) is 60.3 Å². The van der Waals surface area contributed by atoms with Crippen molar-refractivity contribution in [3.8, 4) is 0 Å². The molecule has 0 heterocycles. The maximum absolute atomic E-state index is 13.5. The summed E-state index contributed by atoms with van der Waals surface area (Å²) < 4.78 is 13.5. The molecule has 1 nitrogen and oxygen atoms in total. The Morgan fingerprint density at radius 1 is 1.39 bits per heavy atom. The van der Waals surface area contributed by atoms with Crippen LogP contribution >= 0.6 is 0 Å². The lowest BCUT2D eigenvalue weighted by Gasteiger charge is -2.23. The van der Waals surface area contributed by atoms with E-state index >= 15 is 0 Å². The Balaban J connectivity index is 4.86. The minimum Gasteiger partial charge on any atom is -0.243 e. The summed E-state index contributed by atoms with van der Waals surface area (Å²) >= 11 is 0. The van der Waals surface area contributed by atoms with Crippen LogP contribution < -0.4 is 0 Å². The van der Waals surface area contributed by atoms with Crippen molar-refractivity contribution < 1.29 is 4.39 Å². The maximum Gasteiger partial charge on any atom is 0.0963 e. The molecular formula is C16H28FN. The van der Waals surface area contributed by atoms with E-state index in [-0.39, 0.29) is 11.7 Å². The molecule has 0 aliphatic heterocycles. The van der Waals surface area contributed by atoms with Crippen molar-refractivity contribution in [3.05, 3.63) is 17.5 Å². The van der Waals surface area contributed by atoms with E-state index in [1.54, 1.807) is 13.0 Å². The second-order valence-corrected chi connectivity index (χ2v) is 4.93. The molecule has 0 radical (unpaired) electrons. The van der Waals surface area contributed by atoms with Gasteiger partial charge in [0.25, 0.3) is 0 Å². The summed E-state index contributed by atoms with van der Waals surface area (Å²) in [7, 11) is 0. The average Bonchev–Trinajstić information content (AvgIpc) is 2.38. The Hall–Kier alpha value is -0.880. The summed E-state index contributed by atoms with van der Waals surface area (Å²) in [6.45, 7) is 10.9. The van der Waals surface area contributed by atoms with Crippen LogP contribution in [0.3, 0.4) is 0 Å². The molecule has 2 atom stereocenters. The van der Waals surface area contributed by atoms with Crippen LogP contribution in [0.2, 0.25) is 0 Å². The molecule has 0 aliphatic rings. The lowest BCUT2D eigenvalue weighted by Crippen LogP contribution is -2.14. The molecule has 0 aromatic heterocycles. The van der Waals surface area contributed by atoms with Gasteiger partial charge in [0.15, 0.2) is 0 Å². The summed E-state index contributed by atoms with van der Waals surface area (Å²) in [6, 6.07) is 0. The number of allylic oxidation sites excluding steroid dienone is 3. The van der Waals surface area contributed by atoms with Crippen LogP contribution in [0, 0.1) is 11.8 Å². The molecule has 18 heavy (non-hydrogen) atoms. The number of aliphatic imine (C=N–C) groups is 1. The summed E-state index contributed by atoms with van der Waals surface area (Å²) in [5.41, 5.74) is 1.08. The molecule has 0 aromatic rings. The Bertz CT molecular complexity index is 311. The van der Waals surface area contributed by atoms with Crippen molar-refractivity contribution in [1.29, 1.82) is 0 Å². The van der Waals surface area contributed by atoms with Crippen LogP contribution in [0.4, 0.5) is 4.39 Å². The molecule has 0 spiro atoms. The zero-order valence-corrected chi connectivity index (χ0v) is 12.6. The quantitative estimate of drug-likeness (QED) is 0.518. The largest absolute Gasteiger partial charge is 0.243 e. The molecular weight excluding hydrogens is 225 g/mol. The highest BCUT2D eigenvalue weighted by Crippen LogP contribution is 2.30. The zero-order chi connectivity index (χ0) is 14.0. The van der Waals surface area contributed by atoms with Crippen molar-refractivity contribution in [2.24, 2.45) is 16.8 Å². The normalized spacial score (nSPS) is 14.9. The highest BCUT2D eigenvalue weighted by atomic mass is 19.1. The summed E-state index contributed by atoms with van der Waals surface area (Å²) in [5, 5.41) is 0. The van der Waals surface area contributed by atoms with E-state index in [9.17, 15) is 4.39 Å². The van der Waals surface area contributed by atoms with E-state index < -0.39 is 0 Å². The van der Waals surface area contributed by atoms with Crippen molar-refractivity contribution >= 4 is 5.87 Å². The van der Waals surface area contributed by atoms with Gasteiger partial charge in [-0.05, 0) is 44.0 Å². The van der Waals surface area contributed by atoms with Crippen molar-refractivity contribution in [3.63, 3.8) is 0 Å². The molecule has 0 aliphatic carbocycles. The number of nitrogens with zero attached hydrogens (tertiary/aromatic N) is 1. The molecule has 0 rings (SSSR count). The predicted octanol–water partition coefficient (Wildman–Crippen LogP) is 5.33. The van der Waals surface area contributed by atoms with Crippen LogP contribution in [-0.4, -0.2) is 12.4 Å². The molecule has 0 saturated heterocycles. The molecule has 2 unspecified atom stereocenters. The Labute approximate surface area is 112 Å². The summed E-state index contributed by atoms with van der Waals surface area (Å²) in [6.07, 6.45) is 5.58. The number of halogens is 1. The van der Waals surface area contributed by atoms with Crippen LogP contribution in [0.15, 0.2) is 22.5 Å². The van der Waals surface area contributed by atoms with E-state index in [4.69, 9.17) is 0 Å². The van der Waals surface area contributed by atoms with Crippen LogP contribution in [0.25, 0.3) is 0 Å². The topological polar surface area (TPSA) is 12.4 Å². The second-order valence-electron chi connectivity index (χ2n) is 4.93. The Kier molecular flexibility index (Phi) is 9.59. The lowest BCUT2D eigenvalue weighted by molar-refractivity contribution is 0.353. The number of hydrogen-bond donors (Lipinski definition) is 0. The Morgan fingerprint density at radius 2 is 2.06 bits per heavy atom. The van der Waals surface area contributed by atoms with Crippen molar-refractivity contribution in [1.82, 2.24) is 0 Å². The molecule has 104 valence electrons. The van der Waals surface area contributed by atoms with E-state index in [0.717, 1.165) is 18.5 Å². The first kappa shape index (κ1) is 17.1. The minimum atomic E-state index is -0.0269. The van der Waals surface area contributed by atoms with E-state index in [1.165, 1.54) is 12.8 Å². The highest BCUT2D eigenvalue weighted by molar-refractivity contribution is 5.58. The van der Waals surface area contributed by atoms with Gasteiger partial charge in [-0.3, -0.25) is 0 Å². The maximum atomic E-state index is 13.5. The molecule has 0 bridgehead atoms. The van der Waals surface area contributed by atoms with E-state index in [0.29, 0.717) is 12.3 Å². The predicted molar refractivity (Wildman–Crippen MR) is 78.8 cm³/mol. The molecule has 0 N–H and O–H groups in total. The molecule has 2 heteroatoms. The van der Waals surface area contributed by atoms with Gasteiger partial charge in [-0.15, -0.1) is 0 Å². The van der Waals surface area contributed by atoms with Gasteiger partial charge in [0.05, 0.1) is 5.83 Å². The van der Waals surface area contributed by atoms with Gasteiger partial charge in [0, 0.05) is 13.0 Å². The molecule has 0 fully saturated rings. The van der Waals surface area contributed by atoms with Gasteiger partial charge in [-0.25, -0.2) is 9.38 Å². The van der Waals surface area contributed by atoms with Gasteiger partial charge in [0.1, 0.15) is 0 Å². The summed E-state index contributed by atoms with van der Waals surface area (Å²) in [4.78, 5) is 4.16. The monoisotopic (exact) mass is 253 g/mol.